The molecule has 1 heterocycles. The minimum absolute atomic E-state index is 0.0735. The summed E-state index contributed by atoms with van der Waals surface area (Å²) in [6, 6.07) is 5.61. The average molecular weight is 305 g/mol. The van der Waals surface area contributed by atoms with Gasteiger partial charge in [0.05, 0.1) is 5.56 Å². The molecule has 1 amide bonds. The summed E-state index contributed by atoms with van der Waals surface area (Å²) in [5.41, 5.74) is 2.29. The first-order chi connectivity index (χ1) is 9.95. The first kappa shape index (κ1) is 15.3. The van der Waals surface area contributed by atoms with E-state index in [2.05, 4.69) is 20.6 Å². The summed E-state index contributed by atoms with van der Waals surface area (Å²) in [7, 11) is 0. The van der Waals surface area contributed by atoms with Crippen molar-refractivity contribution in [2.24, 2.45) is 0 Å². The fourth-order valence-electron chi connectivity index (χ4n) is 1.70. The van der Waals surface area contributed by atoms with Crippen LogP contribution in [0.5, 0.6) is 0 Å². The molecule has 0 bridgehead atoms. The van der Waals surface area contributed by atoms with Crippen LogP contribution in [0.1, 0.15) is 29.8 Å². The number of rotatable bonds is 4. The van der Waals surface area contributed by atoms with Gasteiger partial charge in [-0.25, -0.2) is 9.97 Å². The molecule has 0 unspecified atom stereocenters. The summed E-state index contributed by atoms with van der Waals surface area (Å²) in [6.45, 7) is 5.76. The lowest BCUT2D eigenvalue weighted by atomic mass is 10.2. The lowest BCUT2D eigenvalue weighted by Crippen LogP contribution is -2.30. The van der Waals surface area contributed by atoms with Crippen molar-refractivity contribution >= 4 is 29.1 Å². The van der Waals surface area contributed by atoms with E-state index < -0.39 is 0 Å². The molecule has 0 radical (unpaired) electrons. The van der Waals surface area contributed by atoms with E-state index in [9.17, 15) is 4.79 Å². The molecular weight excluding hydrogens is 288 g/mol. The first-order valence-electron chi connectivity index (χ1n) is 6.62. The van der Waals surface area contributed by atoms with E-state index >= 15 is 0 Å². The van der Waals surface area contributed by atoms with Crippen LogP contribution in [0.25, 0.3) is 0 Å². The molecular formula is C15H17ClN4O. The molecule has 0 fully saturated rings. The number of anilines is 2. The van der Waals surface area contributed by atoms with Gasteiger partial charge in [0.2, 0.25) is 5.95 Å². The van der Waals surface area contributed by atoms with Crippen molar-refractivity contribution in [1.29, 1.82) is 0 Å². The summed E-state index contributed by atoms with van der Waals surface area (Å²) in [4.78, 5) is 20.1. The van der Waals surface area contributed by atoms with Crippen LogP contribution >= 0.6 is 11.6 Å². The highest BCUT2D eigenvalue weighted by Gasteiger charge is 2.08. The molecule has 0 saturated carbocycles. The van der Waals surface area contributed by atoms with Crippen molar-refractivity contribution < 1.29 is 4.79 Å². The minimum atomic E-state index is -0.185. The molecule has 1 aromatic carbocycles. The largest absolute Gasteiger partial charge is 0.350 e. The van der Waals surface area contributed by atoms with Gasteiger partial charge in [0, 0.05) is 29.1 Å². The Morgan fingerprint density at radius 3 is 2.52 bits per heavy atom. The Bertz CT molecular complexity index is 641. The second-order valence-electron chi connectivity index (χ2n) is 5.01. The van der Waals surface area contributed by atoms with E-state index in [1.807, 2.05) is 32.9 Å². The topological polar surface area (TPSA) is 66.9 Å². The van der Waals surface area contributed by atoms with Crippen molar-refractivity contribution in [2.75, 3.05) is 5.32 Å². The van der Waals surface area contributed by atoms with Gasteiger partial charge in [-0.2, -0.15) is 0 Å². The Morgan fingerprint density at radius 2 is 1.90 bits per heavy atom. The van der Waals surface area contributed by atoms with Crippen molar-refractivity contribution in [2.45, 2.75) is 26.8 Å². The molecule has 2 N–H and O–H groups in total. The maximum absolute atomic E-state index is 11.8. The maximum Gasteiger partial charge on any atom is 0.254 e. The number of aromatic nitrogens is 2. The van der Waals surface area contributed by atoms with Gasteiger partial charge in [0.15, 0.2) is 0 Å². The number of amides is 1. The number of aryl methyl sites for hydroxylation is 1. The molecule has 0 atom stereocenters. The molecule has 0 saturated heterocycles. The predicted octanol–water partition coefficient (Wildman–Crippen LogP) is 3.32. The summed E-state index contributed by atoms with van der Waals surface area (Å²) >= 11 is 5.96. The number of halogens is 1. The molecule has 110 valence electrons. The smallest absolute Gasteiger partial charge is 0.254 e. The Kier molecular flexibility index (Phi) is 4.75. The highest BCUT2D eigenvalue weighted by Crippen LogP contribution is 2.22. The van der Waals surface area contributed by atoms with E-state index in [0.717, 1.165) is 11.3 Å². The summed E-state index contributed by atoms with van der Waals surface area (Å²) in [5, 5.41) is 6.50. The maximum atomic E-state index is 11.8. The number of hydrogen-bond acceptors (Lipinski definition) is 4. The Balaban J connectivity index is 2.12. The second-order valence-corrected chi connectivity index (χ2v) is 5.44. The number of benzene rings is 1. The van der Waals surface area contributed by atoms with Crippen LogP contribution in [0.15, 0.2) is 30.6 Å². The lowest BCUT2D eigenvalue weighted by Gasteiger charge is -2.10. The second kappa shape index (κ2) is 6.54. The summed E-state index contributed by atoms with van der Waals surface area (Å²) in [5.74, 6) is 0.233. The van der Waals surface area contributed by atoms with Crippen LogP contribution in [0.4, 0.5) is 11.6 Å². The Labute approximate surface area is 128 Å². The number of hydrogen-bond donors (Lipinski definition) is 2. The zero-order valence-corrected chi connectivity index (χ0v) is 12.9. The van der Waals surface area contributed by atoms with Crippen LogP contribution in [0.3, 0.4) is 0 Å². The molecule has 5 nitrogen and oxygen atoms in total. The number of nitrogens with one attached hydrogen (secondary N) is 2. The van der Waals surface area contributed by atoms with Crippen molar-refractivity contribution in [3.63, 3.8) is 0 Å². The molecule has 0 aliphatic rings. The molecule has 0 aliphatic carbocycles. The molecule has 1 aromatic heterocycles. The summed E-state index contributed by atoms with van der Waals surface area (Å²) in [6.07, 6.45) is 2.99. The fourth-order valence-corrected chi connectivity index (χ4v) is 1.88. The van der Waals surface area contributed by atoms with E-state index in [4.69, 9.17) is 11.6 Å². The number of carbonyl (C=O) groups is 1. The zero-order chi connectivity index (χ0) is 15.4. The molecule has 6 heteroatoms. The van der Waals surface area contributed by atoms with Gasteiger partial charge in [-0.15, -0.1) is 0 Å². The van der Waals surface area contributed by atoms with Crippen LogP contribution in [0, 0.1) is 6.92 Å². The molecule has 2 rings (SSSR count). The van der Waals surface area contributed by atoms with Gasteiger partial charge in [-0.05, 0) is 38.5 Å². The van der Waals surface area contributed by atoms with E-state index in [1.54, 1.807) is 6.07 Å². The SMILES string of the molecule is Cc1ccc(Cl)cc1Nc1ncc(C(=O)NC(C)C)cn1. The highest BCUT2D eigenvalue weighted by molar-refractivity contribution is 6.30. The van der Waals surface area contributed by atoms with E-state index in [0.29, 0.717) is 16.5 Å². The first-order valence-corrected chi connectivity index (χ1v) is 6.99. The molecule has 2 aromatic rings. The predicted molar refractivity (Wildman–Crippen MR) is 84.1 cm³/mol. The van der Waals surface area contributed by atoms with Crippen molar-refractivity contribution in [3.8, 4) is 0 Å². The minimum Gasteiger partial charge on any atom is -0.350 e. The molecule has 21 heavy (non-hydrogen) atoms. The van der Waals surface area contributed by atoms with Crippen molar-refractivity contribution in [3.05, 3.63) is 46.7 Å². The quantitative estimate of drug-likeness (QED) is 0.909. The Hall–Kier alpha value is -2.14. The van der Waals surface area contributed by atoms with Crippen LogP contribution in [-0.2, 0) is 0 Å². The van der Waals surface area contributed by atoms with Crippen LogP contribution < -0.4 is 10.6 Å². The zero-order valence-electron chi connectivity index (χ0n) is 12.1. The Morgan fingerprint density at radius 1 is 1.24 bits per heavy atom. The van der Waals surface area contributed by atoms with Gasteiger partial charge < -0.3 is 10.6 Å². The van der Waals surface area contributed by atoms with Crippen LogP contribution in [0.2, 0.25) is 5.02 Å². The van der Waals surface area contributed by atoms with Gasteiger partial charge in [0.25, 0.3) is 5.91 Å². The van der Waals surface area contributed by atoms with E-state index in [1.165, 1.54) is 12.4 Å². The molecule has 0 aliphatic heterocycles. The third kappa shape index (κ3) is 4.16. The molecule has 0 spiro atoms. The third-order valence-electron chi connectivity index (χ3n) is 2.78. The standard InChI is InChI=1S/C15H17ClN4O/c1-9(2)19-14(21)11-7-17-15(18-8-11)20-13-6-12(16)5-4-10(13)3/h4-9H,1-3H3,(H,19,21)(H,17,18,20). The number of carbonyl (C=O) groups excluding carboxylic acids is 1. The fraction of sp³-hybridized carbons (Fsp3) is 0.267. The van der Waals surface area contributed by atoms with Crippen LogP contribution in [-0.4, -0.2) is 21.9 Å². The van der Waals surface area contributed by atoms with E-state index in [-0.39, 0.29) is 11.9 Å². The normalized spacial score (nSPS) is 10.5. The monoisotopic (exact) mass is 304 g/mol. The van der Waals surface area contributed by atoms with Gasteiger partial charge in [0.1, 0.15) is 0 Å². The highest BCUT2D eigenvalue weighted by atomic mass is 35.5. The van der Waals surface area contributed by atoms with Gasteiger partial charge >= 0.3 is 0 Å². The van der Waals surface area contributed by atoms with Gasteiger partial charge in [-0.1, -0.05) is 17.7 Å². The number of nitrogens with zero attached hydrogens (tertiary/aromatic N) is 2. The van der Waals surface area contributed by atoms with Gasteiger partial charge in [-0.3, -0.25) is 4.79 Å². The summed E-state index contributed by atoms with van der Waals surface area (Å²) < 4.78 is 0. The third-order valence-corrected chi connectivity index (χ3v) is 3.01. The average Bonchev–Trinajstić information content (AvgIpc) is 2.43. The van der Waals surface area contributed by atoms with Crippen molar-refractivity contribution in [1.82, 2.24) is 15.3 Å². The lowest BCUT2D eigenvalue weighted by molar-refractivity contribution is 0.0942.